The zero-order chi connectivity index (χ0) is 19.6. The van der Waals surface area contributed by atoms with Crippen molar-refractivity contribution in [3.05, 3.63) is 35.7 Å². The number of nitrogens with one attached hydrogen (secondary N) is 1. The number of amides is 1. The van der Waals surface area contributed by atoms with Crippen LogP contribution < -0.4 is 10.1 Å². The molecule has 0 aliphatic carbocycles. The number of aromatic nitrogens is 2. The quantitative estimate of drug-likeness (QED) is 0.811. The molecule has 1 aromatic heterocycles. The summed E-state index contributed by atoms with van der Waals surface area (Å²) in [5, 5.41) is 3.18. The van der Waals surface area contributed by atoms with Crippen molar-refractivity contribution in [3.63, 3.8) is 0 Å². The van der Waals surface area contributed by atoms with E-state index in [0.29, 0.717) is 35.8 Å². The lowest BCUT2D eigenvalue weighted by Crippen LogP contribution is -2.43. The molecule has 8 nitrogen and oxygen atoms in total. The Bertz CT molecular complexity index is 944. The average Bonchev–Trinajstić information content (AvgIpc) is 3.09. The van der Waals surface area contributed by atoms with Gasteiger partial charge in [0.05, 0.1) is 24.4 Å². The fraction of sp³-hybridized carbons (Fsp3) is 0.412. The molecular weight excluding hydrogens is 392 g/mol. The molecule has 2 aromatic rings. The van der Waals surface area contributed by atoms with Crippen LogP contribution in [0.1, 0.15) is 12.8 Å². The van der Waals surface area contributed by atoms with Crippen molar-refractivity contribution in [2.75, 3.05) is 25.5 Å². The molecule has 10 heteroatoms. The molecule has 3 rings (SSSR count). The van der Waals surface area contributed by atoms with Crippen LogP contribution in [0.2, 0.25) is 5.02 Å². The van der Waals surface area contributed by atoms with Crippen LogP contribution in [-0.4, -0.2) is 48.4 Å². The summed E-state index contributed by atoms with van der Waals surface area (Å²) >= 11 is 6.08. The van der Waals surface area contributed by atoms with Gasteiger partial charge in [-0.05, 0) is 31.0 Å². The lowest BCUT2D eigenvalue weighted by molar-refractivity contribution is -0.120. The number of halogens is 1. The van der Waals surface area contributed by atoms with E-state index >= 15 is 0 Å². The highest BCUT2D eigenvalue weighted by Crippen LogP contribution is 2.28. The van der Waals surface area contributed by atoms with E-state index in [2.05, 4.69) is 10.3 Å². The van der Waals surface area contributed by atoms with Crippen molar-refractivity contribution >= 4 is 33.2 Å². The van der Waals surface area contributed by atoms with Crippen molar-refractivity contribution in [3.8, 4) is 5.75 Å². The number of hydrogen-bond acceptors (Lipinski definition) is 5. The zero-order valence-corrected chi connectivity index (χ0v) is 16.6. The van der Waals surface area contributed by atoms with Gasteiger partial charge in [-0.15, -0.1) is 0 Å². The molecule has 0 unspecified atom stereocenters. The van der Waals surface area contributed by atoms with Crippen LogP contribution in [0.15, 0.2) is 35.7 Å². The van der Waals surface area contributed by atoms with Gasteiger partial charge in [0.25, 0.3) is 10.0 Å². The molecular formula is C17H21ClN4O4S. The van der Waals surface area contributed by atoms with Crippen LogP contribution in [0.3, 0.4) is 0 Å². The van der Waals surface area contributed by atoms with E-state index in [9.17, 15) is 13.2 Å². The number of anilines is 1. The summed E-state index contributed by atoms with van der Waals surface area (Å²) < 4.78 is 33.5. The van der Waals surface area contributed by atoms with Crippen molar-refractivity contribution < 1.29 is 17.9 Å². The van der Waals surface area contributed by atoms with E-state index in [-0.39, 0.29) is 17.5 Å². The average molecular weight is 413 g/mol. The summed E-state index contributed by atoms with van der Waals surface area (Å²) in [6.07, 6.45) is 4.12. The molecule has 1 amide bonds. The topological polar surface area (TPSA) is 93.5 Å². The third-order valence-corrected chi connectivity index (χ3v) is 6.51. The van der Waals surface area contributed by atoms with E-state index < -0.39 is 15.9 Å². The van der Waals surface area contributed by atoms with Crippen molar-refractivity contribution in [2.24, 2.45) is 13.0 Å². The number of sulfonamides is 1. The Labute approximate surface area is 163 Å². The Morgan fingerprint density at radius 2 is 2.19 bits per heavy atom. The molecule has 1 aliphatic rings. The number of rotatable bonds is 5. The molecule has 146 valence electrons. The molecule has 1 saturated heterocycles. The summed E-state index contributed by atoms with van der Waals surface area (Å²) in [6.45, 7) is 0.492. The second kappa shape index (κ2) is 7.87. The molecule has 1 N–H and O–H groups in total. The molecule has 0 spiro atoms. The first-order valence-corrected chi connectivity index (χ1v) is 10.3. The monoisotopic (exact) mass is 412 g/mol. The molecule has 1 atom stereocenters. The van der Waals surface area contributed by atoms with E-state index in [1.54, 1.807) is 29.8 Å². The first-order valence-electron chi connectivity index (χ1n) is 8.44. The predicted molar refractivity (Wildman–Crippen MR) is 101 cm³/mol. The molecule has 1 aromatic carbocycles. The Hall–Kier alpha value is -2.10. The number of piperidine rings is 1. The van der Waals surface area contributed by atoms with Gasteiger partial charge in [-0.3, -0.25) is 4.79 Å². The van der Waals surface area contributed by atoms with Crippen molar-refractivity contribution in [2.45, 2.75) is 17.9 Å². The summed E-state index contributed by atoms with van der Waals surface area (Å²) in [6, 6.07) is 4.95. The highest BCUT2D eigenvalue weighted by molar-refractivity contribution is 7.89. The smallest absolute Gasteiger partial charge is 0.262 e. The number of carbonyl (C=O) groups excluding carboxylic acids is 1. The minimum atomic E-state index is -3.71. The minimum absolute atomic E-state index is 0.00649. The first kappa shape index (κ1) is 19.7. The van der Waals surface area contributed by atoms with Crippen LogP contribution in [-0.2, 0) is 21.9 Å². The van der Waals surface area contributed by atoms with Gasteiger partial charge >= 0.3 is 0 Å². The van der Waals surface area contributed by atoms with E-state index in [1.807, 2.05) is 0 Å². The molecule has 0 saturated carbocycles. The molecule has 0 bridgehead atoms. The van der Waals surface area contributed by atoms with Crippen molar-refractivity contribution in [1.82, 2.24) is 13.9 Å². The highest BCUT2D eigenvalue weighted by Gasteiger charge is 2.34. The maximum Gasteiger partial charge on any atom is 0.262 e. The molecule has 1 fully saturated rings. The molecule has 0 radical (unpaired) electrons. The molecule has 27 heavy (non-hydrogen) atoms. The van der Waals surface area contributed by atoms with Gasteiger partial charge in [0.15, 0.2) is 5.03 Å². The SMILES string of the molecule is COc1ccc(NC(=O)[C@@H]2CCCN(S(=O)(=O)c3cn(C)cn3)C2)cc1Cl. The van der Waals surface area contributed by atoms with Gasteiger partial charge in [0.1, 0.15) is 5.75 Å². The number of ether oxygens (including phenoxy) is 1. The van der Waals surface area contributed by atoms with Crippen LogP contribution >= 0.6 is 11.6 Å². The van der Waals surface area contributed by atoms with Crippen LogP contribution in [0, 0.1) is 5.92 Å². The largest absolute Gasteiger partial charge is 0.495 e. The first-order chi connectivity index (χ1) is 12.8. The van der Waals surface area contributed by atoms with Gasteiger partial charge in [-0.25, -0.2) is 13.4 Å². The standard InChI is InChI=1S/C17H21ClN4O4S/c1-21-10-16(19-11-21)27(24,25)22-7-3-4-12(9-22)17(23)20-13-5-6-15(26-2)14(18)8-13/h5-6,8,10-12H,3-4,7,9H2,1-2H3,(H,20,23)/t12-/m1/s1. The van der Waals surface area contributed by atoms with Gasteiger partial charge in [0, 0.05) is 32.0 Å². The summed E-state index contributed by atoms with van der Waals surface area (Å²) in [7, 11) is -0.494. The summed E-state index contributed by atoms with van der Waals surface area (Å²) in [4.78, 5) is 16.6. The second-order valence-electron chi connectivity index (χ2n) is 6.42. The van der Waals surface area contributed by atoms with E-state index in [0.717, 1.165) is 0 Å². The van der Waals surface area contributed by atoms with Gasteiger partial charge in [-0.2, -0.15) is 4.31 Å². The fourth-order valence-corrected chi connectivity index (χ4v) is 4.77. The number of methoxy groups -OCH3 is 1. The Morgan fingerprint density at radius 3 is 2.81 bits per heavy atom. The third-order valence-electron chi connectivity index (χ3n) is 4.46. The minimum Gasteiger partial charge on any atom is -0.495 e. The summed E-state index contributed by atoms with van der Waals surface area (Å²) in [5.41, 5.74) is 0.538. The Balaban J connectivity index is 1.70. The van der Waals surface area contributed by atoms with Crippen LogP contribution in [0.5, 0.6) is 5.75 Å². The Kier molecular flexibility index (Phi) is 5.73. The predicted octanol–water partition coefficient (Wildman–Crippen LogP) is 2.12. The number of aryl methyl sites for hydroxylation is 1. The maximum atomic E-state index is 12.7. The normalized spacial score (nSPS) is 18.3. The summed E-state index contributed by atoms with van der Waals surface area (Å²) in [5.74, 6) is -0.171. The van der Waals surface area contributed by atoms with Gasteiger partial charge in [0.2, 0.25) is 5.91 Å². The second-order valence-corrected chi connectivity index (χ2v) is 8.71. The lowest BCUT2D eigenvalue weighted by Gasteiger charge is -2.30. The number of carbonyl (C=O) groups is 1. The number of benzene rings is 1. The number of nitrogens with zero attached hydrogens (tertiary/aromatic N) is 3. The lowest BCUT2D eigenvalue weighted by atomic mass is 9.98. The van der Waals surface area contributed by atoms with Crippen molar-refractivity contribution in [1.29, 1.82) is 0 Å². The Morgan fingerprint density at radius 1 is 1.41 bits per heavy atom. The maximum absolute atomic E-state index is 12.7. The van der Waals surface area contributed by atoms with E-state index in [1.165, 1.54) is 23.9 Å². The van der Waals surface area contributed by atoms with Gasteiger partial charge < -0.3 is 14.6 Å². The van der Waals surface area contributed by atoms with Crippen LogP contribution in [0.25, 0.3) is 0 Å². The third kappa shape index (κ3) is 4.26. The molecule has 1 aliphatic heterocycles. The zero-order valence-electron chi connectivity index (χ0n) is 15.1. The number of hydrogen-bond donors (Lipinski definition) is 1. The number of imidazole rings is 1. The highest BCUT2D eigenvalue weighted by atomic mass is 35.5. The molecule has 2 heterocycles. The fourth-order valence-electron chi connectivity index (χ4n) is 3.02. The van der Waals surface area contributed by atoms with Crippen LogP contribution in [0.4, 0.5) is 5.69 Å². The van der Waals surface area contributed by atoms with Gasteiger partial charge in [-0.1, -0.05) is 11.6 Å². The van der Waals surface area contributed by atoms with E-state index in [4.69, 9.17) is 16.3 Å².